The number of piperidine rings is 1. The molecule has 1 amide bonds. The van der Waals surface area contributed by atoms with Gasteiger partial charge in [0.25, 0.3) is 0 Å². The van der Waals surface area contributed by atoms with Crippen molar-refractivity contribution in [3.8, 4) is 0 Å². The van der Waals surface area contributed by atoms with E-state index in [1.54, 1.807) is 0 Å². The number of nitrogens with zero attached hydrogens (tertiary/aromatic N) is 2. The van der Waals surface area contributed by atoms with Gasteiger partial charge in [-0.15, -0.1) is 0 Å². The lowest BCUT2D eigenvalue weighted by molar-refractivity contribution is -0.138. The van der Waals surface area contributed by atoms with Gasteiger partial charge < -0.3 is 10.6 Å². The minimum Gasteiger partial charge on any atom is -0.338 e. The molecule has 2 heterocycles. The fourth-order valence-electron chi connectivity index (χ4n) is 4.44. The molecule has 2 saturated heterocycles. The highest BCUT2D eigenvalue weighted by Gasteiger charge is 2.37. The van der Waals surface area contributed by atoms with Crippen molar-refractivity contribution in [1.29, 1.82) is 0 Å². The molecule has 0 bridgehead atoms. The van der Waals surface area contributed by atoms with Gasteiger partial charge in [0, 0.05) is 31.7 Å². The Kier molecular flexibility index (Phi) is 4.32. The Morgan fingerprint density at radius 3 is 2.65 bits per heavy atom. The second kappa shape index (κ2) is 6.02. The average Bonchev–Trinajstić information content (AvgIpc) is 2.76. The van der Waals surface area contributed by atoms with Gasteiger partial charge in [-0.1, -0.05) is 19.8 Å². The molecule has 4 nitrogen and oxygen atoms in total. The quantitative estimate of drug-likeness (QED) is 0.832. The summed E-state index contributed by atoms with van der Waals surface area (Å²) >= 11 is 0. The van der Waals surface area contributed by atoms with E-state index >= 15 is 0 Å². The number of amides is 1. The summed E-state index contributed by atoms with van der Waals surface area (Å²) in [6.07, 6.45) is 7.76. The van der Waals surface area contributed by atoms with Gasteiger partial charge in [0.15, 0.2) is 0 Å². The fraction of sp³-hybridized carbons (Fsp3) is 0.938. The third kappa shape index (κ3) is 2.86. The van der Waals surface area contributed by atoms with Gasteiger partial charge in [-0.05, 0) is 37.5 Å². The summed E-state index contributed by atoms with van der Waals surface area (Å²) in [5, 5.41) is 0. The number of nitrogens with two attached hydrogens (primary N) is 1. The van der Waals surface area contributed by atoms with Crippen molar-refractivity contribution in [3.05, 3.63) is 0 Å². The molecule has 0 aromatic carbocycles. The number of likely N-dealkylation sites (tertiary alicyclic amines) is 2. The van der Waals surface area contributed by atoms with Crippen molar-refractivity contribution in [1.82, 2.24) is 9.80 Å². The molecule has 114 valence electrons. The Balaban J connectivity index is 1.58. The summed E-state index contributed by atoms with van der Waals surface area (Å²) in [7, 11) is 0. The molecule has 0 aromatic heterocycles. The van der Waals surface area contributed by atoms with E-state index in [-0.39, 0.29) is 6.04 Å². The number of hydrogen-bond acceptors (Lipinski definition) is 3. The van der Waals surface area contributed by atoms with Crippen molar-refractivity contribution in [3.63, 3.8) is 0 Å². The van der Waals surface area contributed by atoms with E-state index in [0.29, 0.717) is 24.4 Å². The largest absolute Gasteiger partial charge is 0.338 e. The van der Waals surface area contributed by atoms with Gasteiger partial charge in [0.2, 0.25) is 5.91 Å². The summed E-state index contributed by atoms with van der Waals surface area (Å²) < 4.78 is 0. The van der Waals surface area contributed by atoms with Crippen LogP contribution in [-0.2, 0) is 4.79 Å². The van der Waals surface area contributed by atoms with Crippen LogP contribution in [0.25, 0.3) is 0 Å². The van der Waals surface area contributed by atoms with Gasteiger partial charge in [0.1, 0.15) is 0 Å². The molecule has 4 atom stereocenters. The van der Waals surface area contributed by atoms with E-state index in [9.17, 15) is 4.79 Å². The van der Waals surface area contributed by atoms with Gasteiger partial charge in [0.05, 0.1) is 6.54 Å². The highest BCUT2D eigenvalue weighted by atomic mass is 16.2. The van der Waals surface area contributed by atoms with Crippen LogP contribution in [0.5, 0.6) is 0 Å². The molecule has 2 N–H and O–H groups in total. The predicted octanol–water partition coefficient (Wildman–Crippen LogP) is 1.45. The first-order chi connectivity index (χ1) is 9.65. The molecular weight excluding hydrogens is 250 g/mol. The molecule has 0 spiro atoms. The zero-order valence-corrected chi connectivity index (χ0v) is 12.8. The summed E-state index contributed by atoms with van der Waals surface area (Å²) in [4.78, 5) is 17.1. The van der Waals surface area contributed by atoms with Crippen molar-refractivity contribution >= 4 is 5.91 Å². The predicted molar refractivity (Wildman–Crippen MR) is 80.3 cm³/mol. The Morgan fingerprint density at radius 2 is 1.90 bits per heavy atom. The van der Waals surface area contributed by atoms with Crippen LogP contribution in [-0.4, -0.2) is 54.0 Å². The first kappa shape index (κ1) is 14.3. The van der Waals surface area contributed by atoms with E-state index in [2.05, 4.69) is 16.7 Å². The van der Waals surface area contributed by atoms with Gasteiger partial charge in [-0.3, -0.25) is 9.69 Å². The molecule has 2 aliphatic heterocycles. The second-order valence-electron chi connectivity index (χ2n) is 7.18. The molecule has 1 saturated carbocycles. The zero-order chi connectivity index (χ0) is 14.1. The topological polar surface area (TPSA) is 49.6 Å². The molecular formula is C16H29N3O. The minimum atomic E-state index is 0.242. The van der Waals surface area contributed by atoms with Crippen molar-refractivity contribution in [2.45, 2.75) is 57.5 Å². The SMILES string of the molecule is CC1CN(CC(=O)N2CCCC3CCCCC32)CC1N. The van der Waals surface area contributed by atoms with Gasteiger partial charge in [-0.25, -0.2) is 0 Å². The summed E-state index contributed by atoms with van der Waals surface area (Å²) in [6.45, 7) is 5.62. The Hall–Kier alpha value is -0.610. The maximum atomic E-state index is 12.7. The lowest BCUT2D eigenvalue weighted by atomic mass is 9.78. The third-order valence-electron chi connectivity index (χ3n) is 5.67. The van der Waals surface area contributed by atoms with E-state index in [1.807, 2.05) is 0 Å². The standard InChI is InChI=1S/C16H29N3O/c1-12-9-18(10-14(12)17)11-16(20)19-8-4-6-13-5-2-3-7-15(13)19/h12-15H,2-11,17H2,1H3. The molecule has 20 heavy (non-hydrogen) atoms. The second-order valence-corrected chi connectivity index (χ2v) is 7.18. The lowest BCUT2D eigenvalue weighted by Crippen LogP contribution is -2.52. The number of rotatable bonds is 2. The average molecular weight is 279 g/mol. The fourth-order valence-corrected chi connectivity index (χ4v) is 4.44. The van der Waals surface area contributed by atoms with Crippen LogP contribution < -0.4 is 5.73 Å². The highest BCUT2D eigenvalue weighted by molar-refractivity contribution is 5.78. The molecule has 4 heteroatoms. The number of fused-ring (bicyclic) bond motifs is 1. The summed E-state index contributed by atoms with van der Waals surface area (Å²) in [6, 6.07) is 0.783. The van der Waals surface area contributed by atoms with Crippen molar-refractivity contribution in [2.75, 3.05) is 26.2 Å². The molecule has 3 fully saturated rings. The normalized spacial score (nSPS) is 38.8. The van der Waals surface area contributed by atoms with E-state index < -0.39 is 0 Å². The summed E-state index contributed by atoms with van der Waals surface area (Å²) in [5.74, 6) is 1.65. The van der Waals surface area contributed by atoms with Crippen LogP contribution in [0, 0.1) is 11.8 Å². The molecule has 3 rings (SSSR count). The van der Waals surface area contributed by atoms with Crippen LogP contribution in [0.3, 0.4) is 0 Å². The van der Waals surface area contributed by atoms with Crippen LogP contribution in [0.2, 0.25) is 0 Å². The van der Waals surface area contributed by atoms with E-state index in [0.717, 1.165) is 25.6 Å². The number of carbonyl (C=O) groups is 1. The number of carbonyl (C=O) groups excluding carboxylic acids is 1. The Bertz CT molecular complexity index is 348. The van der Waals surface area contributed by atoms with Crippen molar-refractivity contribution in [2.24, 2.45) is 17.6 Å². The Labute approximate surface area is 122 Å². The minimum absolute atomic E-state index is 0.242. The van der Waals surface area contributed by atoms with Crippen LogP contribution in [0.4, 0.5) is 0 Å². The smallest absolute Gasteiger partial charge is 0.237 e. The van der Waals surface area contributed by atoms with Crippen molar-refractivity contribution < 1.29 is 4.79 Å². The van der Waals surface area contributed by atoms with E-state index in [4.69, 9.17) is 5.73 Å². The molecule has 3 aliphatic rings. The van der Waals surface area contributed by atoms with Gasteiger partial charge >= 0.3 is 0 Å². The van der Waals surface area contributed by atoms with E-state index in [1.165, 1.54) is 38.5 Å². The van der Waals surface area contributed by atoms with Gasteiger partial charge in [-0.2, -0.15) is 0 Å². The van der Waals surface area contributed by atoms with Crippen LogP contribution in [0.1, 0.15) is 45.4 Å². The summed E-state index contributed by atoms with van der Waals surface area (Å²) in [5.41, 5.74) is 6.06. The first-order valence-electron chi connectivity index (χ1n) is 8.42. The maximum absolute atomic E-state index is 12.7. The molecule has 0 aromatic rings. The maximum Gasteiger partial charge on any atom is 0.237 e. The highest BCUT2D eigenvalue weighted by Crippen LogP contribution is 2.35. The molecule has 0 radical (unpaired) electrons. The first-order valence-corrected chi connectivity index (χ1v) is 8.42. The Morgan fingerprint density at radius 1 is 1.15 bits per heavy atom. The molecule has 4 unspecified atom stereocenters. The third-order valence-corrected chi connectivity index (χ3v) is 5.67. The number of hydrogen-bond donors (Lipinski definition) is 1. The molecule has 1 aliphatic carbocycles. The van der Waals surface area contributed by atoms with Crippen LogP contribution in [0.15, 0.2) is 0 Å². The monoisotopic (exact) mass is 279 g/mol. The zero-order valence-electron chi connectivity index (χ0n) is 12.8. The lowest BCUT2D eigenvalue weighted by Gasteiger charge is -2.44. The van der Waals surface area contributed by atoms with Crippen LogP contribution >= 0.6 is 0 Å².